The van der Waals surface area contributed by atoms with E-state index in [9.17, 15) is 5.11 Å². The highest BCUT2D eigenvalue weighted by atomic mass is 16.6. The molecule has 1 aromatic heterocycles. The Hall–Kier alpha value is -2.79. The van der Waals surface area contributed by atoms with Crippen LogP contribution in [0.5, 0.6) is 11.5 Å². The summed E-state index contributed by atoms with van der Waals surface area (Å²) < 4.78 is 13.2. The van der Waals surface area contributed by atoms with Crippen molar-refractivity contribution in [3.63, 3.8) is 0 Å². The normalized spacial score (nSPS) is 13.1. The van der Waals surface area contributed by atoms with Crippen molar-refractivity contribution in [2.75, 3.05) is 13.2 Å². The van der Waals surface area contributed by atoms with E-state index in [-0.39, 0.29) is 6.61 Å². The highest BCUT2D eigenvalue weighted by Gasteiger charge is 2.15. The second-order valence-corrected chi connectivity index (χ2v) is 5.31. The summed E-state index contributed by atoms with van der Waals surface area (Å²) in [4.78, 5) is 4.47. The smallest absolute Gasteiger partial charge is 0.162 e. The van der Waals surface area contributed by atoms with E-state index >= 15 is 0 Å². The summed E-state index contributed by atoms with van der Waals surface area (Å²) in [6.07, 6.45) is 3.67. The van der Waals surface area contributed by atoms with Gasteiger partial charge in [-0.05, 0) is 35.9 Å². The number of ether oxygens (including phenoxy) is 2. The molecule has 0 aliphatic carbocycles. The number of benzene rings is 2. The first-order valence-corrected chi connectivity index (χ1v) is 7.49. The Balaban J connectivity index is 1.77. The van der Waals surface area contributed by atoms with Crippen LogP contribution in [0.1, 0.15) is 5.56 Å². The van der Waals surface area contributed by atoms with E-state index in [0.29, 0.717) is 13.2 Å². The van der Waals surface area contributed by atoms with E-state index in [1.54, 1.807) is 6.20 Å². The van der Waals surface area contributed by atoms with Crippen molar-refractivity contribution in [1.29, 1.82) is 0 Å². The minimum atomic E-state index is 0.0158. The molecule has 5 nitrogen and oxygen atoms in total. The zero-order valence-electron chi connectivity index (χ0n) is 12.5. The van der Waals surface area contributed by atoms with Crippen molar-refractivity contribution in [1.82, 2.24) is 9.55 Å². The van der Waals surface area contributed by atoms with Crippen molar-refractivity contribution in [3.05, 3.63) is 60.4 Å². The first-order chi connectivity index (χ1) is 11.3. The lowest BCUT2D eigenvalue weighted by Gasteiger charge is -2.19. The molecule has 0 radical (unpaired) electrons. The van der Waals surface area contributed by atoms with Crippen molar-refractivity contribution < 1.29 is 14.6 Å². The molecule has 3 aromatic rings. The molecule has 4 rings (SSSR count). The van der Waals surface area contributed by atoms with E-state index in [0.717, 1.165) is 34.1 Å². The van der Waals surface area contributed by atoms with Gasteiger partial charge < -0.3 is 14.6 Å². The van der Waals surface area contributed by atoms with Crippen molar-refractivity contribution in [2.24, 2.45) is 0 Å². The average molecular weight is 308 g/mol. The van der Waals surface area contributed by atoms with Gasteiger partial charge in [0.2, 0.25) is 0 Å². The molecule has 0 bridgehead atoms. The summed E-state index contributed by atoms with van der Waals surface area (Å²) >= 11 is 0. The third kappa shape index (κ3) is 2.55. The second-order valence-electron chi connectivity index (χ2n) is 5.31. The highest BCUT2D eigenvalue weighted by Crippen LogP contribution is 2.34. The van der Waals surface area contributed by atoms with Gasteiger partial charge in [0, 0.05) is 23.6 Å². The summed E-state index contributed by atoms with van der Waals surface area (Å²) in [5.74, 6) is 2.32. The fraction of sp³-hybridized carbons (Fsp3) is 0.167. The van der Waals surface area contributed by atoms with Crippen molar-refractivity contribution in [3.8, 4) is 28.6 Å². The zero-order valence-corrected chi connectivity index (χ0v) is 12.5. The van der Waals surface area contributed by atoms with Gasteiger partial charge in [0.15, 0.2) is 11.5 Å². The summed E-state index contributed by atoms with van der Waals surface area (Å²) in [5, 5.41) is 9.32. The van der Waals surface area contributed by atoms with Gasteiger partial charge in [0.05, 0.1) is 6.61 Å². The maximum atomic E-state index is 9.32. The van der Waals surface area contributed by atoms with Crippen molar-refractivity contribution in [2.45, 2.75) is 6.61 Å². The summed E-state index contributed by atoms with van der Waals surface area (Å²) in [6.45, 7) is 1.15. The van der Waals surface area contributed by atoms with Crippen LogP contribution in [0.2, 0.25) is 0 Å². The molecular weight excluding hydrogens is 292 g/mol. The minimum absolute atomic E-state index is 0.0158. The SMILES string of the molecule is OCc1cccc(-n2ccnc2-c2ccc3c(c2)OCCO3)c1. The van der Waals surface area contributed by atoms with E-state index in [4.69, 9.17) is 9.47 Å². The number of nitrogens with zero attached hydrogens (tertiary/aromatic N) is 2. The van der Waals surface area contributed by atoms with E-state index in [1.165, 1.54) is 0 Å². The quantitative estimate of drug-likeness (QED) is 0.808. The fourth-order valence-corrected chi connectivity index (χ4v) is 2.71. The van der Waals surface area contributed by atoms with Crippen LogP contribution in [0.15, 0.2) is 54.9 Å². The molecule has 1 N–H and O–H groups in total. The van der Waals surface area contributed by atoms with Gasteiger partial charge in [-0.25, -0.2) is 4.98 Å². The maximum Gasteiger partial charge on any atom is 0.162 e. The molecule has 2 heterocycles. The third-order valence-corrected chi connectivity index (χ3v) is 3.81. The largest absolute Gasteiger partial charge is 0.486 e. The molecule has 5 heteroatoms. The van der Waals surface area contributed by atoms with Crippen molar-refractivity contribution >= 4 is 0 Å². The Morgan fingerprint density at radius 2 is 1.91 bits per heavy atom. The Morgan fingerprint density at radius 1 is 1.04 bits per heavy atom. The number of aromatic nitrogens is 2. The lowest BCUT2D eigenvalue weighted by Crippen LogP contribution is -2.15. The summed E-state index contributed by atoms with van der Waals surface area (Å²) in [7, 11) is 0. The molecule has 2 aromatic carbocycles. The highest BCUT2D eigenvalue weighted by molar-refractivity contribution is 5.64. The predicted molar refractivity (Wildman–Crippen MR) is 85.9 cm³/mol. The Kier molecular flexibility index (Phi) is 3.48. The summed E-state index contributed by atoms with van der Waals surface area (Å²) in [6, 6.07) is 13.6. The monoisotopic (exact) mass is 308 g/mol. The molecule has 0 unspecified atom stereocenters. The minimum Gasteiger partial charge on any atom is -0.486 e. The molecule has 1 aliphatic heterocycles. The predicted octanol–water partition coefficient (Wildman–Crippen LogP) is 2.80. The van der Waals surface area contributed by atoms with Gasteiger partial charge in [0.25, 0.3) is 0 Å². The Labute approximate surface area is 133 Å². The van der Waals surface area contributed by atoms with Gasteiger partial charge in [-0.15, -0.1) is 0 Å². The van der Waals surface area contributed by atoms with Gasteiger partial charge in [0.1, 0.15) is 19.0 Å². The molecule has 0 saturated carbocycles. The molecule has 116 valence electrons. The molecular formula is C18H16N2O3. The van der Waals surface area contributed by atoms with E-state index in [1.807, 2.05) is 53.2 Å². The lowest BCUT2D eigenvalue weighted by molar-refractivity contribution is 0.171. The molecule has 23 heavy (non-hydrogen) atoms. The first kappa shape index (κ1) is 13.8. The Morgan fingerprint density at radius 3 is 2.78 bits per heavy atom. The number of rotatable bonds is 3. The average Bonchev–Trinajstić information content (AvgIpc) is 3.11. The number of imidazole rings is 1. The topological polar surface area (TPSA) is 56.5 Å². The summed E-state index contributed by atoms with van der Waals surface area (Å²) in [5.41, 5.74) is 2.77. The van der Waals surface area contributed by atoms with Crippen LogP contribution in [-0.2, 0) is 6.61 Å². The lowest BCUT2D eigenvalue weighted by atomic mass is 10.1. The van der Waals surface area contributed by atoms with Gasteiger partial charge in [-0.2, -0.15) is 0 Å². The number of aliphatic hydroxyl groups excluding tert-OH is 1. The molecule has 0 spiro atoms. The van der Waals surface area contributed by atoms with Crippen LogP contribution in [0.25, 0.3) is 17.1 Å². The van der Waals surface area contributed by atoms with E-state index in [2.05, 4.69) is 4.98 Å². The number of hydrogen-bond acceptors (Lipinski definition) is 4. The van der Waals surface area contributed by atoms with E-state index < -0.39 is 0 Å². The molecule has 1 aliphatic rings. The van der Waals surface area contributed by atoms with Gasteiger partial charge >= 0.3 is 0 Å². The van der Waals surface area contributed by atoms with Crippen LogP contribution >= 0.6 is 0 Å². The first-order valence-electron chi connectivity index (χ1n) is 7.49. The fourth-order valence-electron chi connectivity index (χ4n) is 2.71. The molecule has 0 fully saturated rings. The maximum absolute atomic E-state index is 9.32. The van der Waals surface area contributed by atoms with Gasteiger partial charge in [-0.3, -0.25) is 4.57 Å². The van der Waals surface area contributed by atoms with Gasteiger partial charge in [-0.1, -0.05) is 12.1 Å². The molecule has 0 amide bonds. The molecule has 0 atom stereocenters. The third-order valence-electron chi connectivity index (χ3n) is 3.81. The second kappa shape index (κ2) is 5.78. The number of hydrogen-bond donors (Lipinski definition) is 1. The van der Waals surface area contributed by atoms with Crippen LogP contribution in [-0.4, -0.2) is 27.9 Å². The van der Waals surface area contributed by atoms with Crippen LogP contribution in [0.4, 0.5) is 0 Å². The van der Waals surface area contributed by atoms with Crippen LogP contribution in [0, 0.1) is 0 Å². The molecule has 0 saturated heterocycles. The number of fused-ring (bicyclic) bond motifs is 1. The number of aliphatic hydroxyl groups is 1. The standard InChI is InChI=1S/C18H16N2O3/c21-12-13-2-1-3-15(10-13)20-7-6-19-18(20)14-4-5-16-17(11-14)23-9-8-22-16/h1-7,10-11,21H,8-9,12H2. The van der Waals surface area contributed by atoms with Crippen LogP contribution < -0.4 is 9.47 Å². The Bertz CT molecular complexity index is 842. The van der Waals surface area contributed by atoms with Crippen LogP contribution in [0.3, 0.4) is 0 Å². The zero-order chi connectivity index (χ0) is 15.6.